The lowest BCUT2D eigenvalue weighted by Gasteiger charge is -2.37. The Kier molecular flexibility index (Phi) is 4.16. The van der Waals surface area contributed by atoms with Gasteiger partial charge in [0.25, 0.3) is 0 Å². The van der Waals surface area contributed by atoms with Crippen LogP contribution in [0.25, 0.3) is 0 Å². The normalized spacial score (nSPS) is 25.7. The molecule has 2 atom stereocenters. The second kappa shape index (κ2) is 4.77. The molecule has 0 amide bonds. The van der Waals surface area contributed by atoms with E-state index in [1.54, 1.807) is 0 Å². The zero-order valence-electron chi connectivity index (χ0n) is 10.3. The van der Waals surface area contributed by atoms with Crippen LogP contribution in [0.5, 0.6) is 0 Å². The molecule has 3 heteroatoms. The van der Waals surface area contributed by atoms with E-state index in [-0.39, 0.29) is 5.41 Å². The van der Waals surface area contributed by atoms with Crippen molar-refractivity contribution in [1.82, 2.24) is 5.32 Å². The van der Waals surface area contributed by atoms with E-state index in [1.807, 2.05) is 0 Å². The van der Waals surface area contributed by atoms with Crippen molar-refractivity contribution in [2.45, 2.75) is 58.9 Å². The number of hydrogen-bond acceptors (Lipinski definition) is 2. The molecule has 1 heterocycles. The zero-order chi connectivity index (χ0) is 10.8. The predicted octanol–water partition coefficient (Wildman–Crippen LogP) is 2.15. The molecule has 0 aromatic rings. The third kappa shape index (κ3) is 3.37. The van der Waals surface area contributed by atoms with E-state index in [9.17, 15) is 0 Å². The molecular weight excluding hydrogens is 190 g/mol. The molecule has 0 radical (unpaired) electrons. The van der Waals surface area contributed by atoms with E-state index in [4.69, 9.17) is 4.43 Å². The standard InChI is InChI=1S/C11H25NOSi/c1-11(2,3)10(13-14(4)5)9-7-6-8-12-9/h9-10,12,14H,6-8H2,1-5H3/t9-,10?/m1/s1. The Labute approximate surface area is 90.1 Å². The van der Waals surface area contributed by atoms with Crippen molar-refractivity contribution >= 4 is 9.04 Å². The van der Waals surface area contributed by atoms with Gasteiger partial charge in [0.1, 0.15) is 0 Å². The summed E-state index contributed by atoms with van der Waals surface area (Å²) in [7, 11) is -0.924. The number of nitrogens with one attached hydrogen (secondary N) is 1. The summed E-state index contributed by atoms with van der Waals surface area (Å²) in [6.07, 6.45) is 2.99. The van der Waals surface area contributed by atoms with Gasteiger partial charge in [0.2, 0.25) is 0 Å². The minimum atomic E-state index is -0.924. The fourth-order valence-electron chi connectivity index (χ4n) is 2.17. The number of rotatable bonds is 3. The summed E-state index contributed by atoms with van der Waals surface area (Å²) in [5, 5.41) is 3.57. The van der Waals surface area contributed by atoms with Crippen LogP contribution in [0.3, 0.4) is 0 Å². The van der Waals surface area contributed by atoms with Crippen LogP contribution in [0.15, 0.2) is 0 Å². The Balaban J connectivity index is 2.60. The van der Waals surface area contributed by atoms with Crippen LogP contribution in [0.2, 0.25) is 13.1 Å². The Morgan fingerprint density at radius 3 is 2.36 bits per heavy atom. The Morgan fingerprint density at radius 2 is 2.00 bits per heavy atom. The molecular formula is C11H25NOSi. The molecule has 1 rings (SSSR count). The fourth-order valence-corrected chi connectivity index (χ4v) is 3.35. The Morgan fingerprint density at radius 1 is 1.36 bits per heavy atom. The summed E-state index contributed by atoms with van der Waals surface area (Å²) in [6, 6.07) is 0.588. The van der Waals surface area contributed by atoms with E-state index in [0.29, 0.717) is 12.1 Å². The molecule has 0 bridgehead atoms. The highest BCUT2D eigenvalue weighted by atomic mass is 28.3. The van der Waals surface area contributed by atoms with E-state index < -0.39 is 9.04 Å². The first-order chi connectivity index (χ1) is 6.41. The third-order valence-electron chi connectivity index (χ3n) is 2.74. The summed E-state index contributed by atoms with van der Waals surface area (Å²) in [5.74, 6) is 0. The van der Waals surface area contributed by atoms with Crippen LogP contribution in [0.1, 0.15) is 33.6 Å². The van der Waals surface area contributed by atoms with E-state index in [2.05, 4.69) is 39.2 Å². The highest BCUT2D eigenvalue weighted by Gasteiger charge is 2.34. The molecule has 1 aliphatic rings. The van der Waals surface area contributed by atoms with Gasteiger partial charge in [0.05, 0.1) is 6.10 Å². The highest BCUT2D eigenvalue weighted by Crippen LogP contribution is 2.29. The third-order valence-corrected chi connectivity index (χ3v) is 3.57. The van der Waals surface area contributed by atoms with E-state index >= 15 is 0 Å². The zero-order valence-corrected chi connectivity index (χ0v) is 11.4. The smallest absolute Gasteiger partial charge is 0.171 e. The number of hydrogen-bond donors (Lipinski definition) is 1. The van der Waals surface area contributed by atoms with Gasteiger partial charge in [-0.3, -0.25) is 0 Å². The Bertz CT molecular complexity index is 171. The molecule has 1 unspecified atom stereocenters. The van der Waals surface area contributed by atoms with Crippen molar-refractivity contribution < 1.29 is 4.43 Å². The summed E-state index contributed by atoms with van der Waals surface area (Å²) in [4.78, 5) is 0. The maximum Gasteiger partial charge on any atom is 0.171 e. The van der Waals surface area contributed by atoms with Crippen molar-refractivity contribution in [3.8, 4) is 0 Å². The molecule has 0 aliphatic carbocycles. The molecule has 0 aromatic heterocycles. The lowest BCUT2D eigenvalue weighted by molar-refractivity contribution is 0.0564. The van der Waals surface area contributed by atoms with Gasteiger partial charge in [0.15, 0.2) is 9.04 Å². The van der Waals surface area contributed by atoms with Crippen molar-refractivity contribution in [2.24, 2.45) is 5.41 Å². The fraction of sp³-hybridized carbons (Fsp3) is 1.00. The average molecular weight is 215 g/mol. The first kappa shape index (κ1) is 12.2. The molecule has 1 aliphatic heterocycles. The van der Waals surface area contributed by atoms with Crippen molar-refractivity contribution in [1.29, 1.82) is 0 Å². The first-order valence-electron chi connectivity index (χ1n) is 5.80. The van der Waals surface area contributed by atoms with Crippen LogP contribution in [0, 0.1) is 5.41 Å². The second-order valence-electron chi connectivity index (χ2n) is 5.67. The minimum absolute atomic E-state index is 0.263. The lowest BCUT2D eigenvalue weighted by atomic mass is 9.84. The van der Waals surface area contributed by atoms with Crippen LogP contribution in [-0.4, -0.2) is 27.7 Å². The largest absolute Gasteiger partial charge is 0.416 e. The van der Waals surface area contributed by atoms with Crippen LogP contribution in [-0.2, 0) is 4.43 Å². The van der Waals surface area contributed by atoms with E-state index in [0.717, 1.165) is 0 Å². The molecule has 1 N–H and O–H groups in total. The maximum atomic E-state index is 6.18. The topological polar surface area (TPSA) is 21.3 Å². The SMILES string of the molecule is C[SiH](C)OC([C@H]1CCCN1)C(C)(C)C. The van der Waals surface area contributed by atoms with Gasteiger partial charge in [0, 0.05) is 6.04 Å². The molecule has 0 saturated carbocycles. The van der Waals surface area contributed by atoms with Crippen LogP contribution >= 0.6 is 0 Å². The van der Waals surface area contributed by atoms with Gasteiger partial charge >= 0.3 is 0 Å². The minimum Gasteiger partial charge on any atom is -0.416 e. The average Bonchev–Trinajstić information content (AvgIpc) is 2.49. The van der Waals surface area contributed by atoms with Crippen molar-refractivity contribution in [2.75, 3.05) is 6.54 Å². The molecule has 2 nitrogen and oxygen atoms in total. The van der Waals surface area contributed by atoms with Gasteiger partial charge < -0.3 is 9.74 Å². The van der Waals surface area contributed by atoms with E-state index in [1.165, 1.54) is 19.4 Å². The lowest BCUT2D eigenvalue weighted by Crippen LogP contribution is -2.46. The van der Waals surface area contributed by atoms with Gasteiger partial charge in [-0.25, -0.2) is 0 Å². The highest BCUT2D eigenvalue weighted by molar-refractivity contribution is 6.48. The maximum absolute atomic E-state index is 6.18. The molecule has 84 valence electrons. The van der Waals surface area contributed by atoms with Crippen LogP contribution < -0.4 is 5.32 Å². The van der Waals surface area contributed by atoms with Crippen molar-refractivity contribution in [3.63, 3.8) is 0 Å². The summed E-state index contributed by atoms with van der Waals surface area (Å²) in [6.45, 7) is 12.5. The predicted molar refractivity (Wildman–Crippen MR) is 64.2 cm³/mol. The Hall–Kier alpha value is 0.137. The molecule has 0 aromatic carbocycles. The van der Waals surface area contributed by atoms with Gasteiger partial charge in [-0.15, -0.1) is 0 Å². The molecule has 14 heavy (non-hydrogen) atoms. The van der Waals surface area contributed by atoms with Crippen molar-refractivity contribution in [3.05, 3.63) is 0 Å². The van der Waals surface area contributed by atoms with Crippen LogP contribution in [0.4, 0.5) is 0 Å². The summed E-state index contributed by atoms with van der Waals surface area (Å²) < 4.78 is 6.18. The summed E-state index contributed by atoms with van der Waals surface area (Å²) in [5.41, 5.74) is 0.263. The molecule has 1 saturated heterocycles. The monoisotopic (exact) mass is 215 g/mol. The quantitative estimate of drug-likeness (QED) is 0.729. The van der Waals surface area contributed by atoms with Gasteiger partial charge in [-0.1, -0.05) is 20.8 Å². The van der Waals surface area contributed by atoms with Gasteiger partial charge in [-0.05, 0) is 37.9 Å². The first-order valence-corrected chi connectivity index (χ1v) is 8.58. The van der Waals surface area contributed by atoms with Gasteiger partial charge in [-0.2, -0.15) is 0 Å². The summed E-state index contributed by atoms with van der Waals surface area (Å²) >= 11 is 0. The second-order valence-corrected chi connectivity index (χ2v) is 8.04. The molecule has 1 fully saturated rings. The molecule has 0 spiro atoms.